The molecule has 0 aromatic heterocycles. The average molecular weight is 605 g/mol. The summed E-state index contributed by atoms with van der Waals surface area (Å²) >= 11 is 0. The Hall–Kier alpha value is -0.960. The van der Waals surface area contributed by atoms with E-state index in [1.807, 2.05) is 10.6 Å². The van der Waals surface area contributed by atoms with Gasteiger partial charge in [0.15, 0.2) is 0 Å². The molecular formula is C40H62P2. The first-order chi connectivity index (χ1) is 20.8. The summed E-state index contributed by atoms with van der Waals surface area (Å²) in [6, 6.07) is 24.4. The fourth-order valence-corrected chi connectivity index (χ4v) is 24.6. The maximum atomic E-state index is 2.85. The molecule has 0 amide bonds. The zero-order valence-electron chi connectivity index (χ0n) is 26.8. The number of rotatable bonds is 10. The molecule has 0 spiro atoms. The zero-order valence-corrected chi connectivity index (χ0v) is 28.8. The second-order valence-corrected chi connectivity index (χ2v) is 24.4. The molecule has 0 aliphatic heterocycles. The van der Waals surface area contributed by atoms with E-state index in [2.05, 4.69) is 72.8 Å². The van der Waals surface area contributed by atoms with Gasteiger partial charge in [-0.25, -0.2) is 0 Å². The number of hydrogen-bond donors (Lipinski definition) is 0. The molecule has 42 heavy (non-hydrogen) atoms. The molecule has 0 atom stereocenters. The van der Waals surface area contributed by atoms with E-state index in [4.69, 9.17) is 0 Å². The fraction of sp³-hybridized carbons (Fsp3) is 0.650. The van der Waals surface area contributed by atoms with E-state index in [0.717, 1.165) is 22.6 Å². The van der Waals surface area contributed by atoms with Crippen LogP contribution in [0.2, 0.25) is 0 Å². The Bertz CT molecular complexity index is 944. The third-order valence-corrected chi connectivity index (χ3v) is 25.8. The topological polar surface area (TPSA) is 0 Å². The molecule has 2 aromatic rings. The van der Waals surface area contributed by atoms with Crippen molar-refractivity contribution in [2.24, 2.45) is 0 Å². The van der Waals surface area contributed by atoms with Crippen molar-refractivity contribution in [1.82, 2.24) is 0 Å². The van der Waals surface area contributed by atoms with E-state index in [-0.39, 0.29) is 0 Å². The molecule has 2 aromatic carbocycles. The third-order valence-electron chi connectivity index (χ3n) is 13.0. The fourth-order valence-electron chi connectivity index (χ4n) is 11.0. The number of allylic oxidation sites excluding steroid dienone is 2. The zero-order chi connectivity index (χ0) is 28.5. The molecule has 0 radical (unpaired) electrons. The van der Waals surface area contributed by atoms with Gasteiger partial charge in [-0.2, -0.15) is 0 Å². The normalized spacial score (nSPS) is 23.7. The van der Waals surface area contributed by atoms with Gasteiger partial charge < -0.3 is 0 Å². The van der Waals surface area contributed by atoms with Gasteiger partial charge in [-0.05, 0) is 0 Å². The van der Waals surface area contributed by atoms with Gasteiger partial charge in [-0.1, -0.05) is 0 Å². The minimum atomic E-state index is -1.70. The van der Waals surface area contributed by atoms with Gasteiger partial charge in [0.25, 0.3) is 0 Å². The van der Waals surface area contributed by atoms with Crippen LogP contribution in [0.3, 0.4) is 0 Å². The molecule has 2 heteroatoms. The van der Waals surface area contributed by atoms with Crippen molar-refractivity contribution in [3.8, 4) is 0 Å². The van der Waals surface area contributed by atoms with Crippen LogP contribution in [-0.4, -0.2) is 35.0 Å². The van der Waals surface area contributed by atoms with E-state index in [1.54, 1.807) is 0 Å². The number of hydrogen-bond acceptors (Lipinski definition) is 0. The van der Waals surface area contributed by atoms with Crippen molar-refractivity contribution in [2.75, 3.05) is 12.3 Å². The summed E-state index contributed by atoms with van der Waals surface area (Å²) in [6.45, 7) is 0. The molecule has 0 saturated heterocycles. The van der Waals surface area contributed by atoms with Crippen molar-refractivity contribution in [1.29, 1.82) is 0 Å². The number of benzene rings is 2. The van der Waals surface area contributed by atoms with E-state index >= 15 is 0 Å². The second-order valence-electron chi connectivity index (χ2n) is 15.0. The standard InChI is InChI=1S/C40H62P2/c1-7-21-35(22-8-1)41(36-23-9-2-10-24-36,37-25-11-3-12-26-37)33-19-20-34-42(38-27-13-4-14-28-38,39-29-15-5-16-30-39)40-31-17-6-18-32-40/h1,4,7-8,13-14,19-22,27-28,36-37,39-42H,2-3,5-6,9-12,15-18,23-26,29-34H2. The van der Waals surface area contributed by atoms with Gasteiger partial charge in [-0.15, -0.1) is 0 Å². The molecule has 0 unspecified atom stereocenters. The van der Waals surface area contributed by atoms with Crippen molar-refractivity contribution in [3.63, 3.8) is 0 Å². The van der Waals surface area contributed by atoms with Gasteiger partial charge >= 0.3 is 261 Å². The van der Waals surface area contributed by atoms with Crippen LogP contribution in [0.5, 0.6) is 0 Å². The van der Waals surface area contributed by atoms with Crippen LogP contribution in [-0.2, 0) is 0 Å². The van der Waals surface area contributed by atoms with E-state index in [1.165, 1.54) is 141 Å². The summed E-state index contributed by atoms with van der Waals surface area (Å²) in [7, 11) is -3.39. The quantitative estimate of drug-likeness (QED) is 0.187. The minimum absolute atomic E-state index is 0.995. The average Bonchev–Trinajstić information content (AvgIpc) is 3.09. The Balaban J connectivity index is 1.36. The summed E-state index contributed by atoms with van der Waals surface area (Å²) in [5.74, 6) is 0. The van der Waals surface area contributed by atoms with Crippen LogP contribution in [0.4, 0.5) is 0 Å². The molecule has 0 N–H and O–H groups in total. The molecule has 0 heterocycles. The molecule has 232 valence electrons. The van der Waals surface area contributed by atoms with E-state index in [0.29, 0.717) is 0 Å². The molecule has 4 fully saturated rings. The van der Waals surface area contributed by atoms with Crippen LogP contribution < -0.4 is 10.6 Å². The molecule has 4 aliphatic rings. The first kappa shape index (κ1) is 31.0. The van der Waals surface area contributed by atoms with Gasteiger partial charge in [0.2, 0.25) is 0 Å². The van der Waals surface area contributed by atoms with Crippen LogP contribution in [0.1, 0.15) is 128 Å². The monoisotopic (exact) mass is 604 g/mol. The van der Waals surface area contributed by atoms with Crippen molar-refractivity contribution >= 4 is 25.1 Å². The predicted octanol–water partition coefficient (Wildman–Crippen LogP) is 11.0. The van der Waals surface area contributed by atoms with Crippen molar-refractivity contribution in [2.45, 2.75) is 151 Å². The summed E-state index contributed by atoms with van der Waals surface area (Å²) in [6.07, 6.45) is 38.4. The summed E-state index contributed by atoms with van der Waals surface area (Å²) in [5, 5.41) is 3.64. The Labute approximate surface area is 260 Å². The van der Waals surface area contributed by atoms with Crippen LogP contribution in [0, 0.1) is 0 Å². The van der Waals surface area contributed by atoms with Gasteiger partial charge in [0, 0.05) is 0 Å². The van der Waals surface area contributed by atoms with E-state index < -0.39 is 14.5 Å². The summed E-state index contributed by atoms with van der Waals surface area (Å²) in [5.41, 5.74) is 3.98. The molecule has 0 nitrogen and oxygen atoms in total. The molecule has 4 saturated carbocycles. The third kappa shape index (κ3) is 6.67. The maximum absolute atomic E-state index is 2.85. The van der Waals surface area contributed by atoms with E-state index in [9.17, 15) is 0 Å². The molecular weight excluding hydrogens is 542 g/mol. The first-order valence-corrected chi connectivity index (χ1v) is 23.3. The SMILES string of the molecule is C(=CC[PH](c1ccccc1)(C1CCCCC1)C1CCCCC1)C[PH](c1ccccc1)(C1CCCCC1)C1CCCCC1. The summed E-state index contributed by atoms with van der Waals surface area (Å²) < 4.78 is 0. The van der Waals surface area contributed by atoms with Gasteiger partial charge in [0.1, 0.15) is 0 Å². The Kier molecular flexibility index (Phi) is 11.3. The van der Waals surface area contributed by atoms with Gasteiger partial charge in [-0.3, -0.25) is 0 Å². The second kappa shape index (κ2) is 15.4. The molecule has 6 rings (SSSR count). The van der Waals surface area contributed by atoms with Crippen LogP contribution in [0.15, 0.2) is 72.8 Å². The van der Waals surface area contributed by atoms with Gasteiger partial charge in [0.05, 0.1) is 0 Å². The Morgan fingerprint density at radius 3 is 0.905 bits per heavy atom. The first-order valence-electron chi connectivity index (χ1n) is 18.6. The molecule has 0 bridgehead atoms. The van der Waals surface area contributed by atoms with Crippen LogP contribution in [0.25, 0.3) is 0 Å². The predicted molar refractivity (Wildman–Crippen MR) is 195 cm³/mol. The van der Waals surface area contributed by atoms with Crippen molar-refractivity contribution in [3.05, 3.63) is 72.8 Å². The Morgan fingerprint density at radius 2 is 0.643 bits per heavy atom. The summed E-state index contributed by atoms with van der Waals surface area (Å²) in [4.78, 5) is 0. The van der Waals surface area contributed by atoms with Crippen molar-refractivity contribution < 1.29 is 0 Å². The molecule has 4 aliphatic carbocycles. The Morgan fingerprint density at radius 1 is 0.381 bits per heavy atom. The van der Waals surface area contributed by atoms with Crippen LogP contribution >= 0.6 is 14.5 Å².